The Labute approximate surface area is 533 Å². The minimum Gasteiger partial charge on any atom is -0.497 e. The first kappa shape index (κ1) is 78.1. The van der Waals surface area contributed by atoms with Crippen molar-refractivity contribution in [1.82, 2.24) is 0 Å². The quantitative estimate of drug-likeness (QED) is 0.0216. The Morgan fingerprint density at radius 2 is 0.593 bits per heavy atom. The second-order valence-corrected chi connectivity index (χ2v) is 17.6. The predicted molar refractivity (Wildman–Crippen MR) is 355 cm³/mol. The number of unbranched alkanes of at least 4 members (excludes halogenated alkanes) is 3. The Morgan fingerprint density at radius 3 is 0.857 bits per heavy atom. The molecule has 0 heterocycles. The molecule has 0 fully saturated rings. The second kappa shape index (κ2) is 50.1. The van der Waals surface area contributed by atoms with Gasteiger partial charge in [0.05, 0.1) is 67.6 Å². The summed E-state index contributed by atoms with van der Waals surface area (Å²) in [6, 6.07) is 55.9. The van der Waals surface area contributed by atoms with Gasteiger partial charge in [0.25, 0.3) is 0 Å². The summed E-state index contributed by atoms with van der Waals surface area (Å²) in [6.07, 6.45) is 19.8. The van der Waals surface area contributed by atoms with Gasteiger partial charge in [0, 0.05) is 30.4 Å². The number of esters is 7. The molecule has 0 saturated heterocycles. The fourth-order valence-electron chi connectivity index (χ4n) is 6.61. The van der Waals surface area contributed by atoms with E-state index in [9.17, 15) is 38.0 Å². The topological polar surface area (TPSA) is 203 Å². The molecule has 7 rings (SSSR count). The van der Waals surface area contributed by atoms with E-state index in [4.69, 9.17) is 18.9 Å². The summed E-state index contributed by atoms with van der Waals surface area (Å²) in [5.41, 5.74) is 5.44. The zero-order chi connectivity index (χ0) is 67.3. The Balaban J connectivity index is 0.000000588. The first-order valence-electron chi connectivity index (χ1n) is 28.6. The normalized spacial score (nSPS) is 10.0. The molecule has 7 aromatic carbocycles. The summed E-state index contributed by atoms with van der Waals surface area (Å²) >= 11 is 0. The highest BCUT2D eigenvalue weighted by Crippen LogP contribution is 2.20. The molecular weight excluding hydrogens is 1160 g/mol. The first-order chi connectivity index (χ1) is 44.2. The van der Waals surface area contributed by atoms with E-state index in [1.807, 2.05) is 105 Å². The first-order valence-corrected chi connectivity index (χ1v) is 28.6. The van der Waals surface area contributed by atoms with Crippen LogP contribution in [0.4, 0.5) is 4.39 Å². The standard InChI is InChI=1S/C23H26O5.C18H16O5.3C10H10O2.C2H6.CH3F/c1-3-4-5-6-17-27-20-14-10-19(11-15-20)23(25)28-21-12-7-18(8-13-21)9-16-22(24)26-2;1-21-15-10-6-14(7-11-15)18(20)23-16-8-3-13(4-9-16)5-12-17(19)22-2;3*1-12-10(11)8-7-9-5-3-2-4-6-9;2*1-2/h7-16H,3-6,17H2,1-2H3;3-12H,1-2H3;3*2-8H,1H3;1-2H3;1H3/b;;3*8-7+;;. The molecular formula is C74H81FO16. The Bertz CT molecular complexity index is 3160. The molecule has 0 aliphatic heterocycles. The number of carbonyl (C=O) groups is 7. The molecule has 0 bridgehead atoms. The molecule has 17 heteroatoms. The third-order valence-electron chi connectivity index (χ3n) is 11.3. The van der Waals surface area contributed by atoms with Crippen molar-refractivity contribution in [3.8, 4) is 23.0 Å². The van der Waals surface area contributed by atoms with Gasteiger partial charge in [-0.3, -0.25) is 4.39 Å². The number of hydrogen-bond donors (Lipinski definition) is 0. The molecule has 0 radical (unpaired) electrons. The van der Waals surface area contributed by atoms with E-state index in [0.717, 1.165) is 46.4 Å². The zero-order valence-corrected chi connectivity index (χ0v) is 53.1. The maximum absolute atomic E-state index is 12.3. The number of rotatable bonds is 21. The van der Waals surface area contributed by atoms with Crippen LogP contribution in [0.25, 0.3) is 30.4 Å². The molecule has 0 aliphatic rings. The lowest BCUT2D eigenvalue weighted by Gasteiger charge is -2.08. The monoisotopic (exact) mass is 1240 g/mol. The SMILES string of the molecule is CC.CCCCCCOc1ccc(C(=O)Oc2ccc(C=CC(=O)OC)cc2)cc1.CF.COC(=O)/C=C/c1ccccc1.COC(=O)/C=C/c1ccccc1.COC(=O)/C=C/c1ccccc1.COC(=O)C=Cc1ccc(OC(=O)c2ccc(OC)cc2)cc1. The number of alkyl halides is 1. The molecule has 91 heavy (non-hydrogen) atoms. The van der Waals surface area contributed by atoms with Gasteiger partial charge in [0.1, 0.15) is 23.0 Å². The van der Waals surface area contributed by atoms with E-state index in [2.05, 4.69) is 30.6 Å². The van der Waals surface area contributed by atoms with Crippen LogP contribution in [-0.4, -0.2) is 98.2 Å². The molecule has 0 N–H and O–H groups in total. The van der Waals surface area contributed by atoms with Crippen LogP contribution < -0.4 is 18.9 Å². The summed E-state index contributed by atoms with van der Waals surface area (Å²) in [5.74, 6) is -0.492. The Hall–Kier alpha value is -10.9. The average Bonchev–Trinajstić information content (AvgIpc) is 3.80. The molecule has 0 aromatic heterocycles. The van der Waals surface area contributed by atoms with Crippen molar-refractivity contribution in [1.29, 1.82) is 0 Å². The van der Waals surface area contributed by atoms with E-state index in [-0.39, 0.29) is 17.9 Å². The maximum atomic E-state index is 12.3. The molecule has 0 spiro atoms. The van der Waals surface area contributed by atoms with Crippen LogP contribution in [0, 0.1) is 0 Å². The summed E-state index contributed by atoms with van der Waals surface area (Å²) in [5, 5.41) is 0. The van der Waals surface area contributed by atoms with Gasteiger partial charge in [0.15, 0.2) is 0 Å². The largest absolute Gasteiger partial charge is 0.497 e. The van der Waals surface area contributed by atoms with Crippen LogP contribution in [0.2, 0.25) is 0 Å². The fourth-order valence-corrected chi connectivity index (χ4v) is 6.61. The van der Waals surface area contributed by atoms with E-state index >= 15 is 0 Å². The number of hydrogen-bond acceptors (Lipinski definition) is 16. The zero-order valence-electron chi connectivity index (χ0n) is 53.1. The van der Waals surface area contributed by atoms with Crippen molar-refractivity contribution in [2.45, 2.75) is 46.5 Å². The highest BCUT2D eigenvalue weighted by Gasteiger charge is 2.11. The van der Waals surface area contributed by atoms with Gasteiger partial charge in [-0.05, 0) is 137 Å². The lowest BCUT2D eigenvalue weighted by molar-refractivity contribution is -0.135. The lowest BCUT2D eigenvalue weighted by Crippen LogP contribution is -2.08. The van der Waals surface area contributed by atoms with Crippen molar-refractivity contribution >= 4 is 72.2 Å². The van der Waals surface area contributed by atoms with Gasteiger partial charge in [-0.15, -0.1) is 0 Å². The van der Waals surface area contributed by atoms with Crippen molar-refractivity contribution in [2.24, 2.45) is 0 Å². The van der Waals surface area contributed by atoms with Gasteiger partial charge in [-0.2, -0.15) is 0 Å². The number of carbonyl (C=O) groups excluding carboxylic acids is 7. The molecule has 7 aromatic rings. The highest BCUT2D eigenvalue weighted by atomic mass is 19.1. The molecule has 0 unspecified atom stereocenters. The molecule has 0 atom stereocenters. The summed E-state index contributed by atoms with van der Waals surface area (Å²) in [6.45, 7) is 6.86. The average molecular weight is 1250 g/mol. The van der Waals surface area contributed by atoms with Gasteiger partial charge >= 0.3 is 41.8 Å². The summed E-state index contributed by atoms with van der Waals surface area (Å²) in [7, 11) is 8.77. The molecule has 0 saturated carbocycles. The molecule has 0 amide bonds. The summed E-state index contributed by atoms with van der Waals surface area (Å²) < 4.78 is 53.3. The third kappa shape index (κ3) is 36.7. The van der Waals surface area contributed by atoms with Crippen LogP contribution in [-0.2, 0) is 47.7 Å². The third-order valence-corrected chi connectivity index (χ3v) is 11.3. The van der Waals surface area contributed by atoms with Gasteiger partial charge in [-0.25, -0.2) is 33.6 Å². The van der Waals surface area contributed by atoms with Crippen molar-refractivity contribution in [3.63, 3.8) is 0 Å². The van der Waals surface area contributed by atoms with E-state index in [1.54, 1.807) is 135 Å². The smallest absolute Gasteiger partial charge is 0.343 e. The molecule has 0 aliphatic carbocycles. The lowest BCUT2D eigenvalue weighted by atomic mass is 10.2. The second-order valence-electron chi connectivity index (χ2n) is 17.6. The highest BCUT2D eigenvalue weighted by molar-refractivity contribution is 5.92. The van der Waals surface area contributed by atoms with E-state index in [0.29, 0.717) is 42.2 Å². The van der Waals surface area contributed by atoms with Gasteiger partial charge in [-0.1, -0.05) is 155 Å². The Morgan fingerprint density at radius 1 is 0.330 bits per heavy atom. The van der Waals surface area contributed by atoms with Crippen LogP contribution in [0.3, 0.4) is 0 Å². The number of ether oxygens (including phenoxy) is 9. The predicted octanol–water partition coefficient (Wildman–Crippen LogP) is 15.4. The summed E-state index contributed by atoms with van der Waals surface area (Å²) in [4.78, 5) is 78.4. The molecule has 16 nitrogen and oxygen atoms in total. The van der Waals surface area contributed by atoms with Gasteiger partial charge in [0.2, 0.25) is 0 Å². The van der Waals surface area contributed by atoms with E-state index in [1.165, 1.54) is 78.8 Å². The maximum Gasteiger partial charge on any atom is 0.343 e. The van der Waals surface area contributed by atoms with Crippen LogP contribution in [0.15, 0.2) is 218 Å². The Kier molecular flexibility index (Phi) is 43.0. The van der Waals surface area contributed by atoms with Crippen molar-refractivity contribution < 1.29 is 80.6 Å². The van der Waals surface area contributed by atoms with E-state index < -0.39 is 23.9 Å². The number of benzene rings is 7. The van der Waals surface area contributed by atoms with Crippen LogP contribution >= 0.6 is 0 Å². The van der Waals surface area contributed by atoms with Crippen LogP contribution in [0.5, 0.6) is 23.0 Å². The minimum absolute atomic E-state index is 0.334. The van der Waals surface area contributed by atoms with Crippen molar-refractivity contribution in [3.05, 3.63) is 257 Å². The van der Waals surface area contributed by atoms with Crippen LogP contribution in [0.1, 0.15) is 95.0 Å². The minimum atomic E-state index is -0.453. The number of methoxy groups -OCH3 is 6. The number of halogens is 1. The molecule has 480 valence electrons. The van der Waals surface area contributed by atoms with Crippen molar-refractivity contribution in [2.75, 3.05) is 56.4 Å². The van der Waals surface area contributed by atoms with Gasteiger partial charge < -0.3 is 42.6 Å². The fraction of sp³-hybridized carbons (Fsp3) is 0.203.